The van der Waals surface area contributed by atoms with Crippen LogP contribution in [0.2, 0.25) is 0 Å². The summed E-state index contributed by atoms with van der Waals surface area (Å²) in [7, 11) is 0. The van der Waals surface area contributed by atoms with Crippen molar-refractivity contribution < 1.29 is 4.39 Å². The predicted molar refractivity (Wildman–Crippen MR) is 85.7 cm³/mol. The van der Waals surface area contributed by atoms with Crippen molar-refractivity contribution in [1.29, 1.82) is 5.26 Å². The lowest BCUT2D eigenvalue weighted by Gasteiger charge is -2.08. The monoisotopic (exact) mass is 296 g/mol. The van der Waals surface area contributed by atoms with Gasteiger partial charge in [0.1, 0.15) is 16.8 Å². The lowest BCUT2D eigenvalue weighted by atomic mass is 9.99. The van der Waals surface area contributed by atoms with Gasteiger partial charge >= 0.3 is 0 Å². The Labute approximate surface area is 126 Å². The molecule has 21 heavy (non-hydrogen) atoms. The van der Waals surface area contributed by atoms with Gasteiger partial charge in [-0.05, 0) is 29.5 Å². The molecule has 0 unspecified atom stereocenters. The van der Waals surface area contributed by atoms with Gasteiger partial charge in [0.25, 0.3) is 0 Å². The highest BCUT2D eigenvalue weighted by atomic mass is 32.1. The molecule has 1 heterocycles. The fourth-order valence-electron chi connectivity index (χ4n) is 2.59. The zero-order chi connectivity index (χ0) is 15.0. The largest absolute Gasteiger partial charge is 0.397 e. The average Bonchev–Trinajstić information content (AvgIpc) is 2.84. The minimum Gasteiger partial charge on any atom is -0.397 e. The summed E-state index contributed by atoms with van der Waals surface area (Å²) >= 11 is 1.38. The summed E-state index contributed by atoms with van der Waals surface area (Å²) in [5, 5.41) is 10.6. The van der Waals surface area contributed by atoms with Gasteiger partial charge in [0.05, 0.1) is 5.69 Å². The van der Waals surface area contributed by atoms with E-state index in [9.17, 15) is 9.65 Å². The van der Waals surface area contributed by atoms with Gasteiger partial charge in [-0.15, -0.1) is 11.3 Å². The Hall–Kier alpha value is -2.38. The molecule has 0 atom stereocenters. The van der Waals surface area contributed by atoms with E-state index in [-0.39, 0.29) is 5.82 Å². The number of nitrogens with two attached hydrogens (primary N) is 1. The van der Waals surface area contributed by atoms with Crippen molar-refractivity contribution in [2.75, 3.05) is 5.73 Å². The number of nitrogens with zero attached hydrogens (tertiary/aromatic N) is 1. The molecule has 3 aromatic rings. The number of fused-ring (bicyclic) bond motifs is 1. The minimum atomic E-state index is -0.238. The van der Waals surface area contributed by atoms with E-state index in [1.165, 1.54) is 17.4 Å². The summed E-state index contributed by atoms with van der Waals surface area (Å²) in [6, 6.07) is 12.7. The molecule has 0 amide bonds. The lowest BCUT2D eigenvalue weighted by molar-refractivity contribution is 0.640. The predicted octanol–water partition coefficient (Wildman–Crippen LogP) is 4.72. The third-order valence-electron chi connectivity index (χ3n) is 3.62. The Balaban J connectivity index is 2.37. The summed E-state index contributed by atoms with van der Waals surface area (Å²) in [5.74, 6) is -0.238. The van der Waals surface area contributed by atoms with E-state index in [1.807, 2.05) is 25.1 Å². The van der Waals surface area contributed by atoms with E-state index < -0.39 is 0 Å². The van der Waals surface area contributed by atoms with Crippen molar-refractivity contribution in [3.8, 4) is 16.5 Å². The van der Waals surface area contributed by atoms with E-state index in [1.54, 1.807) is 12.1 Å². The van der Waals surface area contributed by atoms with Gasteiger partial charge in [0.15, 0.2) is 0 Å². The molecule has 0 saturated heterocycles. The molecule has 4 heteroatoms. The van der Waals surface area contributed by atoms with Crippen molar-refractivity contribution >= 4 is 27.8 Å². The maximum atomic E-state index is 13.9. The van der Waals surface area contributed by atoms with Crippen LogP contribution in [0, 0.1) is 17.1 Å². The number of thiophene rings is 1. The lowest BCUT2D eigenvalue weighted by Crippen LogP contribution is -1.92. The number of hydrogen-bond donors (Lipinski definition) is 1. The zero-order valence-electron chi connectivity index (χ0n) is 11.5. The molecule has 0 radical (unpaired) electrons. The van der Waals surface area contributed by atoms with Crippen LogP contribution in [0.5, 0.6) is 0 Å². The second-order valence-corrected chi connectivity index (χ2v) is 5.78. The maximum absolute atomic E-state index is 13.9. The maximum Gasteiger partial charge on any atom is 0.131 e. The number of rotatable bonds is 2. The highest BCUT2D eigenvalue weighted by molar-refractivity contribution is 7.17. The first-order valence-electron chi connectivity index (χ1n) is 6.66. The molecule has 1 aromatic heterocycles. The van der Waals surface area contributed by atoms with E-state index in [4.69, 9.17) is 5.73 Å². The van der Waals surface area contributed by atoms with E-state index in [2.05, 4.69) is 6.07 Å². The van der Waals surface area contributed by atoms with Crippen molar-refractivity contribution in [2.24, 2.45) is 0 Å². The summed E-state index contributed by atoms with van der Waals surface area (Å²) in [4.78, 5) is 1.48. The molecule has 2 nitrogen and oxygen atoms in total. The zero-order valence-corrected chi connectivity index (χ0v) is 12.3. The molecular formula is C17H13FN2S. The molecule has 0 bridgehead atoms. The van der Waals surface area contributed by atoms with Crippen molar-refractivity contribution in [1.82, 2.24) is 0 Å². The Morgan fingerprint density at radius 2 is 1.90 bits per heavy atom. The number of halogens is 1. The minimum absolute atomic E-state index is 0.238. The fourth-order valence-corrected chi connectivity index (χ4v) is 3.74. The van der Waals surface area contributed by atoms with Crippen LogP contribution < -0.4 is 5.73 Å². The molecule has 0 spiro atoms. The smallest absolute Gasteiger partial charge is 0.131 e. The normalized spacial score (nSPS) is 10.7. The average molecular weight is 296 g/mol. The topological polar surface area (TPSA) is 49.8 Å². The summed E-state index contributed by atoms with van der Waals surface area (Å²) in [5.41, 5.74) is 8.50. The van der Waals surface area contributed by atoms with Gasteiger partial charge in [0.2, 0.25) is 0 Å². The second kappa shape index (κ2) is 5.19. The standard InChI is InChI=1S/C17H13FN2S/c1-2-10-16(20)15(9-19)21-17(10)13-7-8-14(18)12-6-4-3-5-11(12)13/h3-8H,2,20H2,1H3. The molecule has 0 aliphatic carbocycles. The Morgan fingerprint density at radius 1 is 1.19 bits per heavy atom. The van der Waals surface area contributed by atoms with Gasteiger partial charge in [-0.25, -0.2) is 4.39 Å². The van der Waals surface area contributed by atoms with Gasteiger partial charge in [-0.3, -0.25) is 0 Å². The molecule has 104 valence electrons. The third kappa shape index (κ3) is 2.07. The van der Waals surface area contributed by atoms with Crippen LogP contribution in [0.4, 0.5) is 10.1 Å². The SMILES string of the molecule is CCc1c(-c2ccc(F)c3ccccc23)sc(C#N)c1N. The Kier molecular flexibility index (Phi) is 3.36. The molecule has 0 aliphatic heterocycles. The van der Waals surface area contributed by atoms with Gasteiger partial charge in [0, 0.05) is 15.8 Å². The first kappa shape index (κ1) is 13.6. The number of anilines is 1. The quantitative estimate of drug-likeness (QED) is 0.743. The highest BCUT2D eigenvalue weighted by Crippen LogP contribution is 2.41. The van der Waals surface area contributed by atoms with Crippen LogP contribution in [0.25, 0.3) is 21.2 Å². The van der Waals surface area contributed by atoms with E-state index in [0.717, 1.165) is 27.8 Å². The van der Waals surface area contributed by atoms with Crippen LogP contribution in [0.15, 0.2) is 36.4 Å². The van der Waals surface area contributed by atoms with E-state index >= 15 is 0 Å². The van der Waals surface area contributed by atoms with Crippen LogP contribution in [0.1, 0.15) is 17.4 Å². The molecule has 0 aliphatic rings. The number of benzene rings is 2. The van der Waals surface area contributed by atoms with Crippen molar-refractivity contribution in [3.63, 3.8) is 0 Å². The van der Waals surface area contributed by atoms with Gasteiger partial charge < -0.3 is 5.73 Å². The van der Waals surface area contributed by atoms with E-state index in [0.29, 0.717) is 16.0 Å². The van der Waals surface area contributed by atoms with Gasteiger partial charge in [-0.2, -0.15) is 5.26 Å². The summed E-state index contributed by atoms with van der Waals surface area (Å²) in [6.07, 6.45) is 0.741. The van der Waals surface area contributed by atoms with Gasteiger partial charge in [-0.1, -0.05) is 31.2 Å². The Morgan fingerprint density at radius 3 is 2.57 bits per heavy atom. The van der Waals surface area contributed by atoms with Crippen molar-refractivity contribution in [2.45, 2.75) is 13.3 Å². The molecular weight excluding hydrogens is 283 g/mol. The summed E-state index contributed by atoms with van der Waals surface area (Å²) in [6.45, 7) is 2.01. The molecule has 3 rings (SSSR count). The first-order chi connectivity index (χ1) is 10.2. The van der Waals surface area contributed by atoms with Crippen molar-refractivity contribution in [3.05, 3.63) is 52.7 Å². The van der Waals surface area contributed by atoms with Crippen LogP contribution >= 0.6 is 11.3 Å². The molecule has 0 fully saturated rings. The van der Waals surface area contributed by atoms with Crippen LogP contribution in [0.3, 0.4) is 0 Å². The Bertz CT molecular complexity index is 874. The first-order valence-corrected chi connectivity index (χ1v) is 7.47. The molecule has 2 N–H and O–H groups in total. The second-order valence-electron chi connectivity index (χ2n) is 4.76. The number of nitriles is 1. The number of nitrogen functional groups attached to an aromatic ring is 1. The fraction of sp³-hybridized carbons (Fsp3) is 0.118. The number of hydrogen-bond acceptors (Lipinski definition) is 3. The highest BCUT2D eigenvalue weighted by Gasteiger charge is 2.18. The summed E-state index contributed by atoms with van der Waals surface area (Å²) < 4.78 is 13.9. The van der Waals surface area contributed by atoms with Crippen LogP contribution in [-0.4, -0.2) is 0 Å². The third-order valence-corrected chi connectivity index (χ3v) is 4.80. The van der Waals surface area contributed by atoms with Crippen LogP contribution in [-0.2, 0) is 6.42 Å². The molecule has 2 aromatic carbocycles. The molecule has 0 saturated carbocycles.